The van der Waals surface area contributed by atoms with E-state index >= 15 is 0 Å². The molecular weight excluding hydrogens is 689 g/mol. The van der Waals surface area contributed by atoms with Crippen LogP contribution in [-0.2, 0) is 4.74 Å². The number of aliphatic hydroxyl groups is 1. The number of fused-ring (bicyclic) bond motifs is 4. The molecule has 276 valence electrons. The highest BCUT2D eigenvalue weighted by Crippen LogP contribution is 2.44. The predicted molar refractivity (Wildman–Crippen MR) is 197 cm³/mol. The normalized spacial score (nSPS) is 22.6. The number of ether oxygens (including phenoxy) is 5. The molecule has 3 amide bonds. The molecule has 14 heteroatoms. The zero-order valence-corrected chi connectivity index (χ0v) is 30.4. The summed E-state index contributed by atoms with van der Waals surface area (Å²) in [6.07, 6.45) is 4.52. The number of carbonyl (C=O) groups is 3. The van der Waals surface area contributed by atoms with Crippen molar-refractivity contribution < 1.29 is 43.2 Å². The van der Waals surface area contributed by atoms with Gasteiger partial charge in [-0.3, -0.25) is 14.6 Å². The minimum atomic E-state index is -1.36. The highest BCUT2D eigenvalue weighted by molar-refractivity contribution is 7.82. The number of aliphatic hydroxyl groups excluding tert-OH is 1. The first-order chi connectivity index (χ1) is 25.0. The number of hydrogen-bond acceptors (Lipinski definition) is 11. The van der Waals surface area contributed by atoms with Gasteiger partial charge in [0, 0.05) is 36.2 Å². The number of rotatable bonds is 12. The molecule has 2 aromatic carbocycles. The monoisotopic (exact) mass is 732 g/mol. The van der Waals surface area contributed by atoms with Gasteiger partial charge >= 0.3 is 6.09 Å². The molecule has 2 aromatic rings. The average Bonchev–Trinajstić information content (AvgIpc) is 3.62. The number of amides is 3. The van der Waals surface area contributed by atoms with Crippen LogP contribution in [0.1, 0.15) is 65.7 Å². The van der Waals surface area contributed by atoms with Crippen LogP contribution in [0.3, 0.4) is 0 Å². The van der Waals surface area contributed by atoms with Crippen molar-refractivity contribution in [3.05, 3.63) is 59.7 Å². The van der Waals surface area contributed by atoms with E-state index in [4.69, 9.17) is 23.7 Å². The largest absolute Gasteiger partial charge is 0.493 e. The number of unbranched alkanes of at least 4 members (excludes halogenated alkanes) is 2. The highest BCUT2D eigenvalue weighted by Gasteiger charge is 2.47. The summed E-state index contributed by atoms with van der Waals surface area (Å²) in [5.74, 6) is 1.17. The van der Waals surface area contributed by atoms with E-state index in [0.717, 1.165) is 35.3 Å². The number of benzene rings is 2. The summed E-state index contributed by atoms with van der Waals surface area (Å²) in [5.41, 5.74) is 3.18. The molecule has 4 heterocycles. The second-order valence-electron chi connectivity index (χ2n) is 14.0. The molecule has 0 radical (unpaired) electrons. The minimum absolute atomic E-state index is 0.0918. The van der Waals surface area contributed by atoms with Gasteiger partial charge in [-0.05, 0) is 57.1 Å². The molecule has 4 aliphatic heterocycles. The van der Waals surface area contributed by atoms with Crippen LogP contribution in [0, 0.1) is 0 Å². The van der Waals surface area contributed by atoms with Crippen LogP contribution in [0.5, 0.6) is 23.0 Å². The summed E-state index contributed by atoms with van der Waals surface area (Å²) in [7, 11) is 3.02. The fourth-order valence-electron chi connectivity index (χ4n) is 7.09. The van der Waals surface area contributed by atoms with Crippen molar-refractivity contribution in [2.45, 2.75) is 68.0 Å². The lowest BCUT2D eigenvalue weighted by Crippen LogP contribution is -2.51. The second-order valence-corrected chi connectivity index (χ2v) is 15.0. The van der Waals surface area contributed by atoms with Crippen LogP contribution in [0.2, 0.25) is 0 Å². The van der Waals surface area contributed by atoms with Gasteiger partial charge in [-0.1, -0.05) is 24.3 Å². The van der Waals surface area contributed by atoms with E-state index in [1.54, 1.807) is 35.4 Å². The van der Waals surface area contributed by atoms with Crippen LogP contribution < -0.4 is 23.8 Å². The fraction of sp³-hybridized carbons (Fsp3) is 0.474. The highest BCUT2D eigenvalue weighted by atomic mass is 32.1. The van der Waals surface area contributed by atoms with Crippen LogP contribution >= 0.6 is 12.6 Å². The molecule has 0 unspecified atom stereocenters. The SMILES string of the molecule is C=C1C[C@H]2C=Nc3cc(OCCCCCOc4cc5c(cc4OC)C(=O)N4CC(=C)C[C@H]4[C@H](O)N5C(=O)OCC4(S)CC4)c(OC)cc3C(=O)N2C1. The van der Waals surface area contributed by atoms with Crippen molar-refractivity contribution in [3.8, 4) is 23.0 Å². The fourth-order valence-corrected chi connectivity index (χ4v) is 7.27. The first-order valence-electron chi connectivity index (χ1n) is 17.6. The Labute approximate surface area is 308 Å². The number of aliphatic imine (C=N–C) groups is 1. The molecule has 5 aliphatic rings. The van der Waals surface area contributed by atoms with Crippen molar-refractivity contribution in [2.75, 3.05) is 52.0 Å². The zero-order chi connectivity index (χ0) is 36.7. The molecule has 1 N–H and O–H groups in total. The maximum atomic E-state index is 13.8. The number of hydrogen-bond donors (Lipinski definition) is 2. The Hall–Kier alpha value is -4.69. The maximum Gasteiger partial charge on any atom is 0.416 e. The Morgan fingerprint density at radius 1 is 0.885 bits per heavy atom. The van der Waals surface area contributed by atoms with Gasteiger partial charge in [-0.25, -0.2) is 9.69 Å². The number of anilines is 1. The third kappa shape index (κ3) is 6.93. The van der Waals surface area contributed by atoms with E-state index in [2.05, 4.69) is 30.8 Å². The first kappa shape index (κ1) is 35.7. The average molecular weight is 733 g/mol. The quantitative estimate of drug-likeness (QED) is 0.169. The summed E-state index contributed by atoms with van der Waals surface area (Å²) in [6.45, 7) is 9.64. The van der Waals surface area contributed by atoms with E-state index in [9.17, 15) is 19.5 Å². The number of methoxy groups -OCH3 is 2. The van der Waals surface area contributed by atoms with Crippen molar-refractivity contribution >= 4 is 48.1 Å². The molecule has 0 bridgehead atoms. The van der Waals surface area contributed by atoms with Gasteiger partial charge in [0.2, 0.25) is 0 Å². The summed E-state index contributed by atoms with van der Waals surface area (Å²) < 4.78 is 28.6. The predicted octanol–water partition coefficient (Wildman–Crippen LogP) is 5.33. The molecule has 1 saturated carbocycles. The lowest BCUT2D eigenvalue weighted by molar-refractivity contribution is 0.0489. The van der Waals surface area contributed by atoms with Crippen molar-refractivity contribution in [2.24, 2.45) is 4.99 Å². The van der Waals surface area contributed by atoms with E-state index in [0.29, 0.717) is 79.7 Å². The Morgan fingerprint density at radius 2 is 1.50 bits per heavy atom. The van der Waals surface area contributed by atoms with Crippen LogP contribution in [-0.4, -0.2) is 109 Å². The minimum Gasteiger partial charge on any atom is -0.493 e. The first-order valence-corrected chi connectivity index (χ1v) is 18.0. The van der Waals surface area contributed by atoms with Gasteiger partial charge in [0.1, 0.15) is 6.61 Å². The van der Waals surface area contributed by atoms with Crippen molar-refractivity contribution in [1.82, 2.24) is 9.80 Å². The Balaban J connectivity index is 0.991. The molecule has 2 saturated heterocycles. The van der Waals surface area contributed by atoms with Crippen LogP contribution in [0.4, 0.5) is 16.2 Å². The zero-order valence-electron chi connectivity index (χ0n) is 29.5. The van der Waals surface area contributed by atoms with Crippen LogP contribution in [0.25, 0.3) is 0 Å². The third-order valence-electron chi connectivity index (χ3n) is 10.2. The van der Waals surface area contributed by atoms with Gasteiger partial charge in [0.15, 0.2) is 29.2 Å². The maximum absolute atomic E-state index is 13.8. The summed E-state index contributed by atoms with van der Waals surface area (Å²) in [4.78, 5) is 49.6. The van der Waals surface area contributed by atoms with Crippen molar-refractivity contribution in [3.63, 3.8) is 0 Å². The van der Waals surface area contributed by atoms with Gasteiger partial charge < -0.3 is 38.6 Å². The Kier molecular flexibility index (Phi) is 9.87. The van der Waals surface area contributed by atoms with Gasteiger partial charge in [-0.2, -0.15) is 12.6 Å². The smallest absolute Gasteiger partial charge is 0.416 e. The van der Waals surface area contributed by atoms with Gasteiger partial charge in [0.25, 0.3) is 11.8 Å². The summed E-state index contributed by atoms with van der Waals surface area (Å²) >= 11 is 4.56. The van der Waals surface area contributed by atoms with Crippen molar-refractivity contribution in [1.29, 1.82) is 0 Å². The number of carbonyl (C=O) groups excluding carboxylic acids is 3. The lowest BCUT2D eigenvalue weighted by atomic mass is 10.1. The molecule has 7 rings (SSSR count). The number of thiol groups is 1. The molecule has 3 fully saturated rings. The molecular formula is C38H44N4O9S. The van der Waals surface area contributed by atoms with E-state index in [-0.39, 0.29) is 47.0 Å². The molecule has 1 aliphatic carbocycles. The molecule has 0 spiro atoms. The Bertz CT molecular complexity index is 1840. The van der Waals surface area contributed by atoms with Gasteiger partial charge in [-0.15, -0.1) is 0 Å². The molecule has 3 atom stereocenters. The van der Waals surface area contributed by atoms with Crippen LogP contribution in [0.15, 0.2) is 53.6 Å². The Morgan fingerprint density at radius 3 is 2.17 bits per heavy atom. The van der Waals surface area contributed by atoms with E-state index in [1.165, 1.54) is 19.1 Å². The van der Waals surface area contributed by atoms with E-state index in [1.807, 2.05) is 0 Å². The summed E-state index contributed by atoms with van der Waals surface area (Å²) in [5, 5.41) is 11.5. The lowest BCUT2D eigenvalue weighted by Gasteiger charge is -2.31. The van der Waals surface area contributed by atoms with Gasteiger partial charge in [0.05, 0.1) is 62.0 Å². The van der Waals surface area contributed by atoms with E-state index < -0.39 is 18.4 Å². The third-order valence-corrected chi connectivity index (χ3v) is 10.8. The molecule has 52 heavy (non-hydrogen) atoms. The summed E-state index contributed by atoms with van der Waals surface area (Å²) in [6, 6.07) is 5.76. The molecule has 0 aromatic heterocycles. The standard InChI is InChI=1S/C38H44N4O9S/c1-22-12-24-18-39-27-16-32(30(47-3)14-25(27)34(43)40(24)19-22)49-10-6-5-7-11-50-33-17-28-26(15-31(33)48-4)35(44)41-20-23(2)13-29(41)36(45)42(28)37(46)51-21-38(52)8-9-38/h14-18,24,29,36,45,52H,1-2,5-13,19-21H2,3-4H3/t24-,29-,36-/m0/s1. The molecule has 13 nitrogen and oxygen atoms in total. The second kappa shape index (κ2) is 14.4. The number of nitrogens with zero attached hydrogens (tertiary/aromatic N) is 4. The topological polar surface area (TPSA) is 140 Å².